The molecule has 2 aromatic rings. The molecule has 1 amide bonds. The van der Waals surface area contributed by atoms with Gasteiger partial charge in [0.2, 0.25) is 5.95 Å². The quantitative estimate of drug-likeness (QED) is 0.884. The number of anilines is 1. The van der Waals surface area contributed by atoms with E-state index in [0.29, 0.717) is 11.6 Å². The number of alkyl halides is 3. The maximum Gasteiger partial charge on any atom is 0.433 e. The van der Waals surface area contributed by atoms with Crippen LogP contribution < -0.4 is 10.2 Å². The van der Waals surface area contributed by atoms with Crippen LogP contribution in [0.15, 0.2) is 24.4 Å². The predicted octanol–water partition coefficient (Wildman–Crippen LogP) is 3.12. The molecular weight excluding hydrogens is 359 g/mol. The van der Waals surface area contributed by atoms with Crippen molar-refractivity contribution in [3.63, 3.8) is 0 Å². The molecule has 0 aliphatic carbocycles. The van der Waals surface area contributed by atoms with Gasteiger partial charge in [0.05, 0.1) is 17.8 Å². The van der Waals surface area contributed by atoms with E-state index in [1.807, 2.05) is 6.92 Å². The van der Waals surface area contributed by atoms with E-state index in [1.54, 1.807) is 6.07 Å². The molecule has 1 aliphatic heterocycles. The average molecular weight is 379 g/mol. The standard InChI is InChI=1S/C18H20F3N5O/c1-12-9-14(25-17(24-12)26-7-3-2-4-8-26)11-23-16(27)13-5-6-15(22-10-13)18(19,20)21/h5-6,9-10H,2-4,7-8,11H2,1H3,(H,23,27). The van der Waals surface area contributed by atoms with Crippen molar-refractivity contribution in [2.45, 2.75) is 38.9 Å². The highest BCUT2D eigenvalue weighted by atomic mass is 19.4. The Hall–Kier alpha value is -2.71. The number of carbonyl (C=O) groups is 1. The van der Waals surface area contributed by atoms with Crippen LogP contribution in [0.5, 0.6) is 0 Å². The number of hydrogen-bond donors (Lipinski definition) is 1. The lowest BCUT2D eigenvalue weighted by Crippen LogP contribution is -2.32. The molecule has 6 nitrogen and oxygen atoms in total. The molecule has 3 rings (SSSR count). The fraction of sp³-hybridized carbons (Fsp3) is 0.444. The number of piperidine rings is 1. The topological polar surface area (TPSA) is 71.0 Å². The van der Waals surface area contributed by atoms with Crippen molar-refractivity contribution in [3.8, 4) is 0 Å². The first-order chi connectivity index (χ1) is 12.8. The summed E-state index contributed by atoms with van der Waals surface area (Å²) in [6.45, 7) is 3.84. The minimum Gasteiger partial charge on any atom is -0.346 e. The van der Waals surface area contributed by atoms with Gasteiger partial charge in [0.1, 0.15) is 5.69 Å². The Morgan fingerprint density at radius 2 is 1.93 bits per heavy atom. The third kappa shape index (κ3) is 4.93. The van der Waals surface area contributed by atoms with Gasteiger partial charge in [-0.05, 0) is 44.4 Å². The van der Waals surface area contributed by atoms with Crippen LogP contribution in [0.3, 0.4) is 0 Å². The molecule has 0 atom stereocenters. The van der Waals surface area contributed by atoms with Crippen molar-refractivity contribution in [1.82, 2.24) is 20.3 Å². The lowest BCUT2D eigenvalue weighted by molar-refractivity contribution is -0.141. The summed E-state index contributed by atoms with van der Waals surface area (Å²) >= 11 is 0. The molecule has 1 fully saturated rings. The van der Waals surface area contributed by atoms with Crippen molar-refractivity contribution in [2.24, 2.45) is 0 Å². The Labute approximate surface area is 154 Å². The van der Waals surface area contributed by atoms with Gasteiger partial charge in [-0.2, -0.15) is 13.2 Å². The number of nitrogens with one attached hydrogen (secondary N) is 1. The first-order valence-electron chi connectivity index (χ1n) is 8.74. The van der Waals surface area contributed by atoms with E-state index in [1.165, 1.54) is 6.42 Å². The Balaban J connectivity index is 1.65. The summed E-state index contributed by atoms with van der Waals surface area (Å²) < 4.78 is 37.6. The van der Waals surface area contributed by atoms with E-state index in [9.17, 15) is 18.0 Å². The minimum atomic E-state index is -4.53. The van der Waals surface area contributed by atoms with Crippen LogP contribution in [0.2, 0.25) is 0 Å². The summed E-state index contributed by atoms with van der Waals surface area (Å²) in [5.74, 6) is 0.141. The summed E-state index contributed by atoms with van der Waals surface area (Å²) in [4.78, 5) is 26.6. The SMILES string of the molecule is Cc1cc(CNC(=O)c2ccc(C(F)(F)F)nc2)nc(N2CCCCC2)n1. The number of hydrogen-bond acceptors (Lipinski definition) is 5. The normalized spacial score (nSPS) is 14.9. The van der Waals surface area contributed by atoms with Gasteiger partial charge in [-0.15, -0.1) is 0 Å². The summed E-state index contributed by atoms with van der Waals surface area (Å²) in [5.41, 5.74) is 0.476. The Bertz CT molecular complexity index is 802. The highest BCUT2D eigenvalue weighted by Gasteiger charge is 2.32. The van der Waals surface area contributed by atoms with Crippen LogP contribution in [-0.4, -0.2) is 33.9 Å². The molecule has 9 heteroatoms. The third-order valence-corrected chi connectivity index (χ3v) is 4.28. The van der Waals surface area contributed by atoms with Gasteiger partial charge in [-0.1, -0.05) is 0 Å². The van der Waals surface area contributed by atoms with E-state index < -0.39 is 17.8 Å². The molecule has 0 radical (unpaired) electrons. The molecular formula is C18H20F3N5O. The number of pyridine rings is 1. The van der Waals surface area contributed by atoms with Gasteiger partial charge < -0.3 is 10.2 Å². The van der Waals surface area contributed by atoms with Gasteiger partial charge in [0.15, 0.2) is 0 Å². The third-order valence-electron chi connectivity index (χ3n) is 4.28. The van der Waals surface area contributed by atoms with Crippen LogP contribution in [0.25, 0.3) is 0 Å². The van der Waals surface area contributed by atoms with E-state index >= 15 is 0 Å². The van der Waals surface area contributed by atoms with Crippen molar-refractivity contribution < 1.29 is 18.0 Å². The van der Waals surface area contributed by atoms with Crippen molar-refractivity contribution >= 4 is 11.9 Å². The largest absolute Gasteiger partial charge is 0.433 e. The maximum absolute atomic E-state index is 12.5. The molecule has 144 valence electrons. The molecule has 3 heterocycles. The van der Waals surface area contributed by atoms with E-state index in [2.05, 4.69) is 25.2 Å². The molecule has 0 saturated carbocycles. The van der Waals surface area contributed by atoms with Crippen LogP contribution in [0, 0.1) is 6.92 Å². The monoisotopic (exact) mass is 379 g/mol. The smallest absolute Gasteiger partial charge is 0.346 e. The summed E-state index contributed by atoms with van der Waals surface area (Å²) in [7, 11) is 0. The molecule has 27 heavy (non-hydrogen) atoms. The number of carbonyl (C=O) groups excluding carboxylic acids is 1. The van der Waals surface area contributed by atoms with Crippen LogP contribution in [-0.2, 0) is 12.7 Å². The molecule has 0 spiro atoms. The maximum atomic E-state index is 12.5. The minimum absolute atomic E-state index is 0.0602. The Kier molecular flexibility index (Phi) is 5.57. The van der Waals surface area contributed by atoms with E-state index in [-0.39, 0.29) is 12.1 Å². The first kappa shape index (κ1) is 19.1. The summed E-state index contributed by atoms with van der Waals surface area (Å²) in [5, 5.41) is 2.66. The second-order valence-electron chi connectivity index (χ2n) is 6.46. The molecule has 2 aromatic heterocycles. The van der Waals surface area contributed by atoms with Gasteiger partial charge in [-0.3, -0.25) is 9.78 Å². The average Bonchev–Trinajstić information content (AvgIpc) is 2.66. The highest BCUT2D eigenvalue weighted by molar-refractivity contribution is 5.93. The van der Waals surface area contributed by atoms with Crippen molar-refractivity contribution in [2.75, 3.05) is 18.0 Å². The molecule has 1 N–H and O–H groups in total. The Morgan fingerprint density at radius 1 is 1.19 bits per heavy atom. The number of aromatic nitrogens is 3. The number of rotatable bonds is 4. The van der Waals surface area contributed by atoms with Gasteiger partial charge >= 0.3 is 6.18 Å². The number of amides is 1. The summed E-state index contributed by atoms with van der Waals surface area (Å²) in [6.07, 6.45) is -0.206. The molecule has 0 bridgehead atoms. The van der Waals surface area contributed by atoms with Gasteiger partial charge in [0.25, 0.3) is 5.91 Å². The first-order valence-corrected chi connectivity index (χ1v) is 8.74. The number of halogens is 3. The predicted molar refractivity (Wildman–Crippen MR) is 93.2 cm³/mol. The fourth-order valence-corrected chi connectivity index (χ4v) is 2.91. The lowest BCUT2D eigenvalue weighted by atomic mass is 10.1. The molecule has 1 aliphatic rings. The van der Waals surface area contributed by atoms with Crippen LogP contribution in [0.4, 0.5) is 19.1 Å². The Morgan fingerprint density at radius 3 is 2.56 bits per heavy atom. The van der Waals surface area contributed by atoms with Crippen molar-refractivity contribution in [1.29, 1.82) is 0 Å². The number of aryl methyl sites for hydroxylation is 1. The zero-order valence-corrected chi connectivity index (χ0v) is 14.9. The zero-order chi connectivity index (χ0) is 19.4. The van der Waals surface area contributed by atoms with Gasteiger partial charge in [0, 0.05) is 25.0 Å². The van der Waals surface area contributed by atoms with Crippen LogP contribution >= 0.6 is 0 Å². The number of nitrogens with zero attached hydrogens (tertiary/aromatic N) is 4. The van der Waals surface area contributed by atoms with E-state index in [0.717, 1.165) is 50.0 Å². The second-order valence-corrected chi connectivity index (χ2v) is 6.46. The summed E-state index contributed by atoms with van der Waals surface area (Å²) in [6, 6.07) is 3.67. The van der Waals surface area contributed by atoms with Gasteiger partial charge in [-0.25, -0.2) is 9.97 Å². The van der Waals surface area contributed by atoms with Crippen LogP contribution in [0.1, 0.15) is 46.7 Å². The molecule has 1 saturated heterocycles. The highest BCUT2D eigenvalue weighted by Crippen LogP contribution is 2.27. The molecule has 0 aromatic carbocycles. The lowest BCUT2D eigenvalue weighted by Gasteiger charge is -2.27. The van der Waals surface area contributed by atoms with E-state index in [4.69, 9.17) is 0 Å². The fourth-order valence-electron chi connectivity index (χ4n) is 2.91. The molecule has 0 unspecified atom stereocenters. The zero-order valence-electron chi connectivity index (χ0n) is 14.9. The second kappa shape index (κ2) is 7.89. The van der Waals surface area contributed by atoms with Crippen molar-refractivity contribution in [3.05, 3.63) is 47.0 Å².